The molecule has 4 heteroatoms. The molecule has 0 fully saturated rings. The van der Waals surface area contributed by atoms with Gasteiger partial charge in [0.15, 0.2) is 0 Å². The van der Waals surface area contributed by atoms with Gasteiger partial charge in [0.1, 0.15) is 0 Å². The third kappa shape index (κ3) is 6.60. The number of rotatable bonds is 0. The fourth-order valence-electron chi connectivity index (χ4n) is 0.952. The fraction of sp³-hybridized carbons (Fsp3) is 0.375. The summed E-state index contributed by atoms with van der Waals surface area (Å²) in [5.41, 5.74) is 4.19. The van der Waals surface area contributed by atoms with Gasteiger partial charge in [-0.3, -0.25) is 0 Å². The van der Waals surface area contributed by atoms with Gasteiger partial charge < -0.3 is 0 Å². The minimum atomic E-state index is -2.13. The molecule has 1 aromatic rings. The van der Waals surface area contributed by atoms with E-state index in [9.17, 15) is 0 Å². The van der Waals surface area contributed by atoms with Crippen LogP contribution in [0.1, 0.15) is 16.7 Å². The molecule has 0 N–H and O–H groups in total. The Morgan fingerprint density at radius 2 is 1.67 bits per heavy atom. The van der Waals surface area contributed by atoms with Crippen LogP contribution >= 0.6 is 25.5 Å². The summed E-state index contributed by atoms with van der Waals surface area (Å²) >= 11 is -2.13. The summed E-state index contributed by atoms with van der Waals surface area (Å²) < 4.78 is 0. The molecule has 12 heavy (non-hydrogen) atoms. The Morgan fingerprint density at radius 3 is 1.75 bits per heavy atom. The van der Waals surface area contributed by atoms with Gasteiger partial charge >= 0.3 is 43.7 Å². The first-order valence-corrected chi connectivity index (χ1v) is 13.0. The maximum absolute atomic E-state index is 5.00. The predicted octanol–water partition coefficient (Wildman–Crippen LogP) is 4.40. The van der Waals surface area contributed by atoms with Crippen molar-refractivity contribution in [1.82, 2.24) is 0 Å². The van der Waals surface area contributed by atoms with E-state index in [-0.39, 0.29) is 0 Å². The number of hydrogen-bond donors (Lipinski definition) is 0. The molecular formula is C8H11Cl3Zr-. The van der Waals surface area contributed by atoms with Crippen molar-refractivity contribution in [1.29, 1.82) is 0 Å². The van der Waals surface area contributed by atoms with Crippen LogP contribution in [0.15, 0.2) is 12.1 Å². The molecule has 0 aliphatic carbocycles. The Labute approximate surface area is 92.5 Å². The van der Waals surface area contributed by atoms with Gasteiger partial charge in [-0.05, 0) is 0 Å². The Hall–Kier alpha value is 1.10. The second-order valence-electron chi connectivity index (χ2n) is 2.61. The van der Waals surface area contributed by atoms with Crippen LogP contribution < -0.4 is 0 Å². The van der Waals surface area contributed by atoms with Gasteiger partial charge in [0.2, 0.25) is 0 Å². The number of aryl methyl sites for hydroxylation is 3. The number of hydrogen-bond acceptors (Lipinski definition) is 0. The van der Waals surface area contributed by atoms with Crippen molar-refractivity contribution in [2.75, 3.05) is 0 Å². The third-order valence-corrected chi connectivity index (χ3v) is 1.51. The molecule has 0 amide bonds. The first-order valence-electron chi connectivity index (χ1n) is 3.47. The predicted molar refractivity (Wildman–Crippen MR) is 53.8 cm³/mol. The molecule has 0 aliphatic rings. The summed E-state index contributed by atoms with van der Waals surface area (Å²) in [5.74, 6) is 0. The first kappa shape index (κ1) is 13.1. The van der Waals surface area contributed by atoms with E-state index < -0.39 is 18.2 Å². The first-order chi connectivity index (χ1) is 5.43. The van der Waals surface area contributed by atoms with E-state index in [4.69, 9.17) is 25.5 Å². The quantitative estimate of drug-likeness (QED) is 0.623. The zero-order valence-electron chi connectivity index (χ0n) is 7.29. The zero-order valence-corrected chi connectivity index (χ0v) is 12.0. The van der Waals surface area contributed by atoms with Crippen LogP contribution in [0.2, 0.25) is 0 Å². The molecule has 0 atom stereocenters. The molecule has 1 rings (SSSR count). The van der Waals surface area contributed by atoms with Gasteiger partial charge in [0, 0.05) is 0 Å². The molecule has 0 unspecified atom stereocenters. The van der Waals surface area contributed by atoms with E-state index in [0.717, 1.165) is 0 Å². The molecule has 0 saturated carbocycles. The summed E-state index contributed by atoms with van der Waals surface area (Å²) in [6, 6.07) is 4.41. The summed E-state index contributed by atoms with van der Waals surface area (Å²) in [4.78, 5) is 0. The van der Waals surface area contributed by atoms with Gasteiger partial charge in [0.25, 0.3) is 0 Å². The monoisotopic (exact) mass is 302 g/mol. The normalized spacial score (nSPS) is 8.83. The molecule has 0 saturated heterocycles. The summed E-state index contributed by atoms with van der Waals surface area (Å²) in [5, 5.41) is 0. The average molecular weight is 305 g/mol. The Kier molecular flexibility index (Phi) is 7.14. The van der Waals surface area contributed by atoms with Crippen LogP contribution in [0.4, 0.5) is 0 Å². The van der Waals surface area contributed by atoms with Crippen molar-refractivity contribution >= 4 is 25.5 Å². The second kappa shape index (κ2) is 6.54. The van der Waals surface area contributed by atoms with Crippen LogP contribution in [0.3, 0.4) is 0 Å². The van der Waals surface area contributed by atoms with E-state index in [1.165, 1.54) is 16.7 Å². The van der Waals surface area contributed by atoms with Crippen molar-refractivity contribution in [2.45, 2.75) is 20.8 Å². The molecule has 0 aromatic heterocycles. The van der Waals surface area contributed by atoms with Crippen LogP contribution in [-0.2, 0) is 18.2 Å². The molecule has 0 heterocycles. The number of halogens is 3. The summed E-state index contributed by atoms with van der Waals surface area (Å²) in [6.45, 7) is 6.41. The SMILES string of the molecule is Cc1cc(C)[c-](C)c1.[Cl][Zr]([Cl])[Cl]. The fourth-order valence-corrected chi connectivity index (χ4v) is 0.952. The van der Waals surface area contributed by atoms with E-state index in [2.05, 4.69) is 32.9 Å². The third-order valence-electron chi connectivity index (χ3n) is 1.51. The van der Waals surface area contributed by atoms with Crippen molar-refractivity contribution in [2.24, 2.45) is 0 Å². The molecule has 0 bridgehead atoms. The Morgan fingerprint density at radius 1 is 1.25 bits per heavy atom. The van der Waals surface area contributed by atoms with Crippen molar-refractivity contribution < 1.29 is 18.2 Å². The van der Waals surface area contributed by atoms with Crippen LogP contribution in [0, 0.1) is 20.8 Å². The Bertz CT molecular complexity index is 208. The van der Waals surface area contributed by atoms with E-state index in [1.54, 1.807) is 0 Å². The van der Waals surface area contributed by atoms with Gasteiger partial charge in [-0.25, -0.2) is 11.6 Å². The van der Waals surface area contributed by atoms with E-state index in [0.29, 0.717) is 0 Å². The molecule has 69 valence electrons. The van der Waals surface area contributed by atoms with Crippen LogP contribution in [0.25, 0.3) is 0 Å². The van der Waals surface area contributed by atoms with Crippen molar-refractivity contribution in [3.8, 4) is 0 Å². The molecular weight excluding hydrogens is 294 g/mol. The molecule has 1 aromatic carbocycles. The van der Waals surface area contributed by atoms with E-state index in [1.807, 2.05) is 0 Å². The van der Waals surface area contributed by atoms with Gasteiger partial charge in [-0.15, -0.1) is 0 Å². The Balaban J connectivity index is 0.000000261. The van der Waals surface area contributed by atoms with Crippen LogP contribution in [0.5, 0.6) is 0 Å². The van der Waals surface area contributed by atoms with Crippen LogP contribution in [-0.4, -0.2) is 0 Å². The average Bonchev–Trinajstić information content (AvgIpc) is 2.08. The van der Waals surface area contributed by atoms with Crippen molar-refractivity contribution in [3.63, 3.8) is 0 Å². The molecule has 0 aliphatic heterocycles. The van der Waals surface area contributed by atoms with Gasteiger partial charge in [-0.2, -0.15) is 17.2 Å². The zero-order chi connectivity index (χ0) is 9.72. The molecule has 0 radical (unpaired) electrons. The topological polar surface area (TPSA) is 0 Å². The standard InChI is InChI=1S/C8H11.3ClH.Zr/c1-6-4-7(2)8(3)5-6;;;;/h4-5H,1-3H3;3*1H;/q-1;;;;+3/p-3. The van der Waals surface area contributed by atoms with Crippen molar-refractivity contribution in [3.05, 3.63) is 28.8 Å². The van der Waals surface area contributed by atoms with Gasteiger partial charge in [0.05, 0.1) is 0 Å². The molecule has 0 spiro atoms. The second-order valence-corrected chi connectivity index (χ2v) is 13.8. The molecule has 0 nitrogen and oxygen atoms in total. The van der Waals surface area contributed by atoms with E-state index >= 15 is 0 Å². The summed E-state index contributed by atoms with van der Waals surface area (Å²) in [7, 11) is 15.0. The van der Waals surface area contributed by atoms with Gasteiger partial charge in [-0.1, -0.05) is 20.8 Å². The summed E-state index contributed by atoms with van der Waals surface area (Å²) in [6.07, 6.45) is 0. The minimum absolute atomic E-state index is 1.38. The maximum atomic E-state index is 5.00.